The zero-order valence-electron chi connectivity index (χ0n) is 53.8. The number of H-pyrrole nitrogens is 2. The molecule has 0 aliphatic rings. The topological polar surface area (TPSA) is 304 Å². The molecule has 0 aliphatic carbocycles. The van der Waals surface area contributed by atoms with E-state index >= 15 is 0 Å². The average Bonchev–Trinajstić information content (AvgIpc) is 1.63. The largest absolute Gasteiger partial charge is 0.478 e. The highest BCUT2D eigenvalue weighted by Gasteiger charge is 2.24. The minimum absolute atomic E-state index is 0.191. The molecule has 0 aliphatic heterocycles. The molecule has 0 saturated carbocycles. The van der Waals surface area contributed by atoms with E-state index < -0.39 is 17.9 Å². The van der Waals surface area contributed by atoms with Crippen LogP contribution in [0.4, 0.5) is 0 Å². The maximum atomic E-state index is 12.4. The fraction of sp³-hybridized carbons (Fsp3) is 0.149. The summed E-state index contributed by atoms with van der Waals surface area (Å²) in [4.78, 5) is 50.2. The van der Waals surface area contributed by atoms with Crippen LogP contribution in [0.2, 0.25) is 0 Å². The Morgan fingerprint density at radius 2 is 0.765 bits per heavy atom. The quantitative estimate of drug-likeness (QED) is 0.0597. The van der Waals surface area contributed by atoms with Crippen LogP contribution in [0.25, 0.3) is 89.3 Å². The van der Waals surface area contributed by atoms with Crippen molar-refractivity contribution in [3.63, 3.8) is 0 Å². The number of hydrogen-bond acceptors (Lipinski definition) is 18. The molecule has 0 fully saturated rings. The van der Waals surface area contributed by atoms with Crippen LogP contribution in [0.15, 0.2) is 200 Å². The number of nitriles is 1. The number of ether oxygens (including phenoxy) is 5. The van der Waals surface area contributed by atoms with Crippen LogP contribution >= 0.6 is 0 Å². The minimum Gasteiger partial charge on any atom is -0.478 e. The number of fused-ring (bicyclic) bond motifs is 3. The number of nitrogens with one attached hydrogen (secondary N) is 2. The summed E-state index contributed by atoms with van der Waals surface area (Å²) in [5, 5.41) is 47.8. The summed E-state index contributed by atoms with van der Waals surface area (Å²) in [5.41, 5.74) is 16.2. The van der Waals surface area contributed by atoms with E-state index in [0.29, 0.717) is 119 Å². The van der Waals surface area contributed by atoms with Gasteiger partial charge in [0.2, 0.25) is 11.6 Å². The third-order valence-corrected chi connectivity index (χ3v) is 15.9. The van der Waals surface area contributed by atoms with Gasteiger partial charge in [0.1, 0.15) is 0 Å². The molecule has 24 heteroatoms. The molecule has 0 saturated heterocycles. The highest BCUT2D eigenvalue weighted by molar-refractivity contribution is 6.04. The van der Waals surface area contributed by atoms with E-state index in [-0.39, 0.29) is 5.56 Å². The van der Waals surface area contributed by atoms with Crippen LogP contribution < -0.4 is 14.2 Å². The maximum absolute atomic E-state index is 12.4. The number of tetrazole rings is 2. The summed E-state index contributed by atoms with van der Waals surface area (Å²) in [7, 11) is 2.74. The first-order valence-electron chi connectivity index (χ1n) is 31.2. The first kappa shape index (κ1) is 64.9. The molecule has 488 valence electrons. The fourth-order valence-electron chi connectivity index (χ4n) is 11.5. The lowest BCUT2D eigenvalue weighted by Gasteiger charge is -2.12. The second-order valence-electron chi connectivity index (χ2n) is 21.9. The van der Waals surface area contributed by atoms with Crippen molar-refractivity contribution in [3.8, 4) is 80.3 Å². The van der Waals surface area contributed by atoms with Crippen molar-refractivity contribution in [2.45, 2.75) is 40.4 Å². The van der Waals surface area contributed by atoms with E-state index in [2.05, 4.69) is 74.4 Å². The van der Waals surface area contributed by atoms with Gasteiger partial charge < -0.3 is 28.8 Å². The SMILES string of the molecule is CCOc1nc2cccc(C(=O)O)c2n1Cc1ccc(-c2ccccc2-c2nn[nH]n2)cc1.CCOc1nc2cccc(C(=O)OC)c2n1Cc1ccc(-c2ccccc2-c2nn[nH]n2)cc1.CCOc1nc2cccc(C(=O)OC)c2n1Cc1ccc(-c2ccccc2C#N)cc1. The van der Waals surface area contributed by atoms with Gasteiger partial charge in [-0.1, -0.05) is 158 Å². The Kier molecular flexibility index (Phi) is 19.8. The summed E-state index contributed by atoms with van der Waals surface area (Å²) >= 11 is 0. The lowest BCUT2D eigenvalue weighted by molar-refractivity contribution is 0.0593. The Morgan fingerprint density at radius 1 is 0.429 bits per heavy atom. The molecule has 3 N–H and O–H groups in total. The summed E-state index contributed by atoms with van der Waals surface area (Å²) in [6.07, 6.45) is 0. The predicted octanol–water partition coefficient (Wildman–Crippen LogP) is 13.0. The van der Waals surface area contributed by atoms with Crippen molar-refractivity contribution in [2.24, 2.45) is 0 Å². The molecule has 0 spiro atoms. The number of carbonyl (C=O) groups excluding carboxylic acids is 2. The van der Waals surface area contributed by atoms with Crippen LogP contribution in [0.3, 0.4) is 0 Å². The number of methoxy groups -OCH3 is 2. The number of aromatic nitrogens is 14. The lowest BCUT2D eigenvalue weighted by atomic mass is 9.98. The molecule has 9 aromatic carbocycles. The van der Waals surface area contributed by atoms with Crippen molar-refractivity contribution in [1.29, 1.82) is 5.26 Å². The second kappa shape index (κ2) is 29.8. The minimum atomic E-state index is -1.00. The Hall–Kier alpha value is -13.2. The number of rotatable bonds is 20. The normalized spacial score (nSPS) is 10.9. The van der Waals surface area contributed by atoms with Crippen LogP contribution in [-0.4, -0.2) is 127 Å². The molecular weight excluding hydrogens is 1240 g/mol. The van der Waals surface area contributed by atoms with E-state index in [0.717, 1.165) is 61.2 Å². The van der Waals surface area contributed by atoms with Gasteiger partial charge in [0.25, 0.3) is 18.0 Å². The zero-order chi connectivity index (χ0) is 68.1. The van der Waals surface area contributed by atoms with E-state index in [9.17, 15) is 24.8 Å². The van der Waals surface area contributed by atoms with Crippen molar-refractivity contribution in [3.05, 3.63) is 239 Å². The number of imidazole rings is 3. The molecule has 5 heterocycles. The number of esters is 2. The molecule has 14 rings (SSSR count). The number of carbonyl (C=O) groups is 3. The van der Waals surface area contributed by atoms with Gasteiger partial charge in [0, 0.05) is 11.1 Å². The number of aromatic amines is 2. The summed E-state index contributed by atoms with van der Waals surface area (Å²) < 4.78 is 32.8. The van der Waals surface area contributed by atoms with Crippen molar-refractivity contribution in [1.82, 2.24) is 69.9 Å². The highest BCUT2D eigenvalue weighted by atomic mass is 16.5. The van der Waals surface area contributed by atoms with Gasteiger partial charge in [-0.15, -0.1) is 20.4 Å². The van der Waals surface area contributed by atoms with Crippen LogP contribution in [0, 0.1) is 11.3 Å². The zero-order valence-corrected chi connectivity index (χ0v) is 53.8. The smallest absolute Gasteiger partial charge is 0.340 e. The van der Waals surface area contributed by atoms with Gasteiger partial charge >= 0.3 is 17.9 Å². The first-order chi connectivity index (χ1) is 48.0. The van der Waals surface area contributed by atoms with Gasteiger partial charge in [-0.05, 0) is 124 Å². The Morgan fingerprint density at radius 3 is 1.10 bits per heavy atom. The summed E-state index contributed by atoms with van der Waals surface area (Å²) in [6, 6.07) is 66.9. The third-order valence-electron chi connectivity index (χ3n) is 15.9. The molecule has 0 radical (unpaired) electrons. The molecular formula is C74H63N15O9. The number of carboxylic acid groups (broad SMARTS) is 1. The lowest BCUT2D eigenvalue weighted by Crippen LogP contribution is -2.09. The molecule has 14 aromatic rings. The van der Waals surface area contributed by atoms with Crippen molar-refractivity contribution >= 4 is 51.0 Å². The molecule has 0 unspecified atom stereocenters. The Balaban J connectivity index is 0.000000140. The van der Waals surface area contributed by atoms with Gasteiger partial charge in [-0.3, -0.25) is 13.7 Å². The van der Waals surface area contributed by atoms with Gasteiger partial charge in [-0.2, -0.15) is 30.6 Å². The Labute approximate surface area is 560 Å². The maximum Gasteiger partial charge on any atom is 0.340 e. The van der Waals surface area contributed by atoms with Gasteiger partial charge in [0.05, 0.1) is 115 Å². The second-order valence-corrected chi connectivity index (χ2v) is 21.9. The molecule has 0 atom stereocenters. The standard InChI is InChI=1S/C25H22N6O3.C25H21N3O3.C24H20N6O3/c1-3-34-25-26-21-10-6-9-20(24(32)33-2)22(21)31(25)15-16-11-13-17(14-12-16)18-7-4-5-8-19(18)23-27-29-30-28-23;1-3-31-25-27-22-10-6-9-21(24(29)30-2)23(22)28(25)16-17-11-13-18(14-12-17)20-8-5-4-7-19(20)15-26;1-2-33-24-25-20-9-5-8-19(23(31)32)21(20)30(24)14-15-10-12-16(13-11-15)17-6-3-4-7-18(17)22-26-28-29-27-22/h4-14H,3,15H2,1-2H3,(H,27,28,29,30);4-14H,3,16H2,1-2H3;3-13H,2,14H2,1H3,(H,31,32)(H,26,27,28,29). The Bertz CT molecular complexity index is 5180. The van der Waals surface area contributed by atoms with Crippen LogP contribution in [-0.2, 0) is 29.1 Å². The van der Waals surface area contributed by atoms with Crippen LogP contribution in [0.1, 0.15) is 74.1 Å². The number of benzene rings is 9. The summed E-state index contributed by atoms with van der Waals surface area (Å²) in [6.45, 7) is 8.39. The number of hydrogen-bond donors (Lipinski definition) is 3. The monoisotopic (exact) mass is 1310 g/mol. The van der Waals surface area contributed by atoms with Gasteiger partial charge in [0.15, 0.2) is 0 Å². The van der Waals surface area contributed by atoms with Crippen molar-refractivity contribution in [2.75, 3.05) is 34.0 Å². The van der Waals surface area contributed by atoms with Crippen LogP contribution in [0.5, 0.6) is 18.0 Å². The number of para-hydroxylation sites is 3. The average molecular weight is 1310 g/mol. The van der Waals surface area contributed by atoms with Gasteiger partial charge in [-0.25, -0.2) is 14.4 Å². The molecule has 0 amide bonds. The molecule has 24 nitrogen and oxygen atoms in total. The summed E-state index contributed by atoms with van der Waals surface area (Å²) in [5.74, 6) is -0.761. The van der Waals surface area contributed by atoms with E-state index in [1.165, 1.54) is 14.2 Å². The third kappa shape index (κ3) is 13.8. The number of aromatic carboxylic acids is 1. The number of nitrogens with zero attached hydrogens (tertiary/aromatic N) is 13. The van der Waals surface area contributed by atoms with E-state index in [1.54, 1.807) is 42.5 Å². The molecule has 98 heavy (non-hydrogen) atoms. The molecule has 5 aromatic heterocycles. The first-order valence-corrected chi connectivity index (χ1v) is 31.2. The highest BCUT2D eigenvalue weighted by Crippen LogP contribution is 2.35. The predicted molar refractivity (Wildman–Crippen MR) is 366 cm³/mol. The van der Waals surface area contributed by atoms with Crippen molar-refractivity contribution < 1.29 is 43.2 Å². The molecule has 0 bridgehead atoms. The fourth-order valence-corrected chi connectivity index (χ4v) is 11.5. The van der Waals surface area contributed by atoms with E-state index in [1.807, 2.05) is 180 Å². The van der Waals surface area contributed by atoms with E-state index in [4.69, 9.17) is 23.7 Å². The number of carboxylic acids is 1.